The summed E-state index contributed by atoms with van der Waals surface area (Å²) >= 11 is 5.87. The van der Waals surface area contributed by atoms with E-state index in [9.17, 15) is 9.59 Å². The third-order valence-corrected chi connectivity index (χ3v) is 5.01. The van der Waals surface area contributed by atoms with E-state index in [1.54, 1.807) is 37.3 Å². The van der Waals surface area contributed by atoms with Crippen LogP contribution in [0.25, 0.3) is 0 Å². The van der Waals surface area contributed by atoms with Crippen LogP contribution < -0.4 is 19.7 Å². The molecule has 29 heavy (non-hydrogen) atoms. The van der Waals surface area contributed by atoms with Gasteiger partial charge in [-0.05, 0) is 36.2 Å². The van der Waals surface area contributed by atoms with Crippen LogP contribution in [0.1, 0.15) is 5.56 Å². The second-order valence-electron chi connectivity index (χ2n) is 6.62. The molecule has 1 N–H and O–H groups in total. The Morgan fingerprint density at radius 2 is 1.86 bits per heavy atom. The van der Waals surface area contributed by atoms with Crippen LogP contribution in [-0.2, 0) is 11.2 Å². The maximum atomic E-state index is 12.8. The van der Waals surface area contributed by atoms with Crippen molar-refractivity contribution < 1.29 is 19.1 Å². The summed E-state index contributed by atoms with van der Waals surface area (Å²) < 4.78 is 10.6. The first-order valence-corrected chi connectivity index (χ1v) is 9.69. The van der Waals surface area contributed by atoms with Crippen molar-refractivity contribution in [3.8, 4) is 11.5 Å². The molecule has 1 fully saturated rings. The van der Waals surface area contributed by atoms with E-state index in [0.29, 0.717) is 48.3 Å². The van der Waals surface area contributed by atoms with Crippen LogP contribution in [0, 0.1) is 0 Å². The number of nitrogens with zero attached hydrogens (tertiary/aromatic N) is 2. The Balaban J connectivity index is 1.54. The zero-order valence-corrected chi connectivity index (χ0v) is 17.2. The number of benzene rings is 2. The minimum Gasteiger partial charge on any atom is -0.497 e. The summed E-state index contributed by atoms with van der Waals surface area (Å²) in [6.45, 7) is 1.45. The van der Waals surface area contributed by atoms with Crippen molar-refractivity contribution in [1.82, 2.24) is 10.2 Å². The lowest BCUT2D eigenvalue weighted by molar-refractivity contribution is -0.121. The standard InChI is InChI=1S/C21H24ClN3O4/c1-28-17-7-8-19(29-2)18(13-17)25-12-11-24(21(25)27)14-20(26)23-10-9-15-3-5-16(22)6-4-15/h3-8,13H,9-12,14H2,1-2H3,(H,23,26). The van der Waals surface area contributed by atoms with E-state index in [-0.39, 0.29) is 18.5 Å². The van der Waals surface area contributed by atoms with Gasteiger partial charge in [-0.15, -0.1) is 0 Å². The number of halogens is 1. The summed E-state index contributed by atoms with van der Waals surface area (Å²) in [5, 5.41) is 3.54. The lowest BCUT2D eigenvalue weighted by Gasteiger charge is -2.21. The molecule has 1 heterocycles. The lowest BCUT2D eigenvalue weighted by Crippen LogP contribution is -2.40. The maximum absolute atomic E-state index is 12.8. The van der Waals surface area contributed by atoms with Crippen LogP contribution in [0.5, 0.6) is 11.5 Å². The molecule has 1 aliphatic heterocycles. The fourth-order valence-electron chi connectivity index (χ4n) is 3.19. The SMILES string of the molecule is COc1ccc(OC)c(N2CCN(CC(=O)NCCc3ccc(Cl)cc3)C2=O)c1. The molecule has 1 saturated heterocycles. The van der Waals surface area contributed by atoms with Gasteiger partial charge in [0.05, 0.1) is 19.9 Å². The first-order chi connectivity index (χ1) is 14.0. The molecule has 8 heteroatoms. The number of methoxy groups -OCH3 is 2. The summed E-state index contributed by atoms with van der Waals surface area (Å²) in [6.07, 6.45) is 0.698. The van der Waals surface area contributed by atoms with Crippen LogP contribution in [0.3, 0.4) is 0 Å². The molecule has 3 rings (SSSR count). The van der Waals surface area contributed by atoms with E-state index in [1.807, 2.05) is 24.3 Å². The van der Waals surface area contributed by atoms with Crippen LogP contribution >= 0.6 is 11.6 Å². The molecule has 0 spiro atoms. The highest BCUT2D eigenvalue weighted by atomic mass is 35.5. The van der Waals surface area contributed by atoms with Crippen molar-refractivity contribution in [2.75, 3.05) is 45.3 Å². The molecular formula is C21H24ClN3O4. The fourth-order valence-corrected chi connectivity index (χ4v) is 3.31. The highest BCUT2D eigenvalue weighted by molar-refractivity contribution is 6.30. The van der Waals surface area contributed by atoms with Gasteiger partial charge in [0.2, 0.25) is 5.91 Å². The van der Waals surface area contributed by atoms with Crippen LogP contribution in [0.15, 0.2) is 42.5 Å². The van der Waals surface area contributed by atoms with Gasteiger partial charge in [-0.3, -0.25) is 9.69 Å². The minimum atomic E-state index is -0.232. The number of carbonyl (C=O) groups is 2. The molecule has 1 aliphatic rings. The second-order valence-corrected chi connectivity index (χ2v) is 7.06. The smallest absolute Gasteiger partial charge is 0.325 e. The number of rotatable bonds is 8. The predicted molar refractivity (Wildman–Crippen MR) is 112 cm³/mol. The highest BCUT2D eigenvalue weighted by Crippen LogP contribution is 2.34. The lowest BCUT2D eigenvalue weighted by atomic mass is 10.1. The Kier molecular flexibility index (Phi) is 6.82. The van der Waals surface area contributed by atoms with E-state index < -0.39 is 0 Å². The molecule has 0 radical (unpaired) electrons. The number of urea groups is 1. The van der Waals surface area contributed by atoms with Gasteiger partial charge < -0.3 is 19.7 Å². The van der Waals surface area contributed by atoms with Crippen molar-refractivity contribution in [2.24, 2.45) is 0 Å². The van der Waals surface area contributed by atoms with Crippen molar-refractivity contribution in [3.63, 3.8) is 0 Å². The van der Waals surface area contributed by atoms with Crippen molar-refractivity contribution in [3.05, 3.63) is 53.1 Å². The molecule has 0 aromatic heterocycles. The molecule has 154 valence electrons. The quantitative estimate of drug-likeness (QED) is 0.716. The number of hydrogen-bond acceptors (Lipinski definition) is 4. The largest absolute Gasteiger partial charge is 0.497 e. The summed E-state index contributed by atoms with van der Waals surface area (Å²) in [6, 6.07) is 12.6. The Morgan fingerprint density at radius 3 is 2.55 bits per heavy atom. The van der Waals surface area contributed by atoms with E-state index >= 15 is 0 Å². The van der Waals surface area contributed by atoms with Gasteiger partial charge in [0.15, 0.2) is 0 Å². The Bertz CT molecular complexity index is 873. The monoisotopic (exact) mass is 417 g/mol. The minimum absolute atomic E-state index is 0.0161. The Morgan fingerprint density at radius 1 is 1.10 bits per heavy atom. The Labute approximate surface area is 175 Å². The van der Waals surface area contributed by atoms with Gasteiger partial charge in [-0.25, -0.2) is 4.79 Å². The molecule has 0 atom stereocenters. The molecule has 2 aromatic rings. The maximum Gasteiger partial charge on any atom is 0.325 e. The van der Waals surface area contributed by atoms with E-state index in [2.05, 4.69) is 5.32 Å². The first-order valence-electron chi connectivity index (χ1n) is 9.31. The number of hydrogen-bond donors (Lipinski definition) is 1. The number of anilines is 1. The van der Waals surface area contributed by atoms with Crippen molar-refractivity contribution >= 4 is 29.2 Å². The van der Waals surface area contributed by atoms with E-state index in [4.69, 9.17) is 21.1 Å². The molecule has 3 amide bonds. The topological polar surface area (TPSA) is 71.1 Å². The summed E-state index contributed by atoms with van der Waals surface area (Å²) in [5.74, 6) is 1.02. The van der Waals surface area contributed by atoms with Gasteiger partial charge in [0.25, 0.3) is 0 Å². The first kappa shape index (κ1) is 20.8. The van der Waals surface area contributed by atoms with Crippen LogP contribution in [0.4, 0.5) is 10.5 Å². The normalized spacial score (nSPS) is 13.6. The third kappa shape index (κ3) is 5.12. The van der Waals surface area contributed by atoms with Gasteiger partial charge >= 0.3 is 6.03 Å². The average Bonchev–Trinajstić information content (AvgIpc) is 3.09. The van der Waals surface area contributed by atoms with Crippen molar-refractivity contribution in [1.29, 1.82) is 0 Å². The number of carbonyl (C=O) groups excluding carboxylic acids is 2. The third-order valence-electron chi connectivity index (χ3n) is 4.76. The number of ether oxygens (including phenoxy) is 2. The van der Waals surface area contributed by atoms with Crippen molar-refractivity contribution in [2.45, 2.75) is 6.42 Å². The molecule has 0 saturated carbocycles. The Hall–Kier alpha value is -2.93. The van der Waals surface area contributed by atoms with E-state index in [0.717, 1.165) is 5.56 Å². The van der Waals surface area contributed by atoms with Crippen LogP contribution in [0.2, 0.25) is 5.02 Å². The van der Waals surface area contributed by atoms with E-state index in [1.165, 1.54) is 4.90 Å². The molecule has 0 aliphatic carbocycles. The van der Waals surface area contributed by atoms with Gasteiger partial charge in [-0.1, -0.05) is 23.7 Å². The fraction of sp³-hybridized carbons (Fsp3) is 0.333. The summed E-state index contributed by atoms with van der Waals surface area (Å²) in [4.78, 5) is 28.2. The molecule has 0 unspecified atom stereocenters. The predicted octanol–water partition coefficient (Wildman–Crippen LogP) is 2.96. The second kappa shape index (κ2) is 9.52. The number of nitrogens with one attached hydrogen (secondary N) is 1. The van der Waals surface area contributed by atoms with Gasteiger partial charge in [0, 0.05) is 30.7 Å². The number of amides is 3. The molecular weight excluding hydrogens is 394 g/mol. The highest BCUT2D eigenvalue weighted by Gasteiger charge is 2.32. The molecule has 2 aromatic carbocycles. The van der Waals surface area contributed by atoms with Gasteiger partial charge in [0.1, 0.15) is 18.0 Å². The molecule has 7 nitrogen and oxygen atoms in total. The van der Waals surface area contributed by atoms with Crippen LogP contribution in [-0.4, -0.2) is 57.2 Å². The summed E-state index contributed by atoms with van der Waals surface area (Å²) in [7, 11) is 3.12. The molecule has 0 bridgehead atoms. The summed E-state index contributed by atoms with van der Waals surface area (Å²) in [5.41, 5.74) is 1.71. The zero-order chi connectivity index (χ0) is 20.8. The van der Waals surface area contributed by atoms with Gasteiger partial charge in [-0.2, -0.15) is 0 Å². The average molecular weight is 418 g/mol. The zero-order valence-electron chi connectivity index (χ0n) is 16.5.